The number of nitrogens with zero attached hydrogens (tertiary/aromatic N) is 2. The molecule has 3 rings (SSSR count). The highest BCUT2D eigenvalue weighted by molar-refractivity contribution is 5.89. The molecular weight excluding hydrogens is 240 g/mol. The van der Waals surface area contributed by atoms with Crippen molar-refractivity contribution in [1.29, 1.82) is 0 Å². The molecule has 2 N–H and O–H groups in total. The van der Waals surface area contributed by atoms with E-state index in [2.05, 4.69) is 20.4 Å². The van der Waals surface area contributed by atoms with Gasteiger partial charge in [0.25, 0.3) is 0 Å². The minimum Gasteiger partial charge on any atom is -0.323 e. The number of anilines is 1. The third kappa shape index (κ3) is 3.15. The molecule has 1 amide bonds. The van der Waals surface area contributed by atoms with Gasteiger partial charge in [-0.05, 0) is 38.1 Å². The summed E-state index contributed by atoms with van der Waals surface area (Å²) in [5.74, 6) is 1.38. The van der Waals surface area contributed by atoms with Crippen LogP contribution >= 0.6 is 0 Å². The molecule has 0 radical (unpaired) electrons. The standard InChI is InChI=1S/C14H22N4O/c1-10(19)16-13-7-15-17-14(13)12-3-2-6-18(9-12)8-11-4-5-11/h7,11-12H,2-6,8-9H2,1H3,(H,15,17)(H,16,19). The number of aromatic nitrogens is 2. The van der Waals surface area contributed by atoms with Crippen LogP contribution in [0.3, 0.4) is 0 Å². The molecule has 1 aromatic rings. The van der Waals surface area contributed by atoms with E-state index in [1.54, 1.807) is 6.20 Å². The van der Waals surface area contributed by atoms with E-state index < -0.39 is 0 Å². The largest absolute Gasteiger partial charge is 0.323 e. The zero-order chi connectivity index (χ0) is 13.2. The molecule has 1 aliphatic carbocycles. The van der Waals surface area contributed by atoms with Crippen LogP contribution in [0.15, 0.2) is 6.20 Å². The molecule has 2 heterocycles. The Balaban J connectivity index is 1.66. The normalized spacial score (nSPS) is 24.4. The molecule has 1 aliphatic heterocycles. The van der Waals surface area contributed by atoms with Crippen LogP contribution in [0.25, 0.3) is 0 Å². The molecule has 0 aromatic carbocycles. The van der Waals surface area contributed by atoms with E-state index in [1.807, 2.05) is 0 Å². The zero-order valence-corrected chi connectivity index (χ0v) is 11.5. The van der Waals surface area contributed by atoms with Crippen LogP contribution < -0.4 is 5.32 Å². The molecule has 2 aliphatic rings. The Hall–Kier alpha value is -1.36. The van der Waals surface area contributed by atoms with Gasteiger partial charge in [0.2, 0.25) is 5.91 Å². The second-order valence-electron chi connectivity index (χ2n) is 5.92. The van der Waals surface area contributed by atoms with Crippen LogP contribution in [-0.4, -0.2) is 40.6 Å². The SMILES string of the molecule is CC(=O)Nc1cn[nH]c1C1CCCN(CC2CC2)C1. The van der Waals surface area contributed by atoms with Crippen LogP contribution in [-0.2, 0) is 4.79 Å². The quantitative estimate of drug-likeness (QED) is 0.872. The Labute approximate surface area is 113 Å². The summed E-state index contributed by atoms with van der Waals surface area (Å²) < 4.78 is 0. The second kappa shape index (κ2) is 5.33. The van der Waals surface area contributed by atoms with E-state index in [-0.39, 0.29) is 5.91 Å². The fourth-order valence-electron chi connectivity index (χ4n) is 3.02. The molecule has 2 fully saturated rings. The van der Waals surface area contributed by atoms with Crippen molar-refractivity contribution >= 4 is 11.6 Å². The first-order chi connectivity index (χ1) is 9.22. The Morgan fingerprint density at radius 1 is 1.53 bits per heavy atom. The van der Waals surface area contributed by atoms with Crippen LogP contribution in [0.1, 0.15) is 44.2 Å². The van der Waals surface area contributed by atoms with Gasteiger partial charge in [0.05, 0.1) is 17.6 Å². The van der Waals surface area contributed by atoms with E-state index >= 15 is 0 Å². The van der Waals surface area contributed by atoms with Crippen molar-refractivity contribution in [1.82, 2.24) is 15.1 Å². The topological polar surface area (TPSA) is 61.0 Å². The van der Waals surface area contributed by atoms with Crippen molar-refractivity contribution in [3.63, 3.8) is 0 Å². The molecule has 5 nitrogen and oxygen atoms in total. The Morgan fingerprint density at radius 3 is 3.11 bits per heavy atom. The monoisotopic (exact) mass is 262 g/mol. The van der Waals surface area contributed by atoms with E-state index in [0.29, 0.717) is 5.92 Å². The maximum absolute atomic E-state index is 11.2. The van der Waals surface area contributed by atoms with E-state index in [1.165, 1.54) is 45.7 Å². The van der Waals surface area contributed by atoms with E-state index in [9.17, 15) is 4.79 Å². The first kappa shape index (κ1) is 12.7. The first-order valence-corrected chi connectivity index (χ1v) is 7.25. The van der Waals surface area contributed by atoms with Crippen LogP contribution in [0, 0.1) is 5.92 Å². The third-order valence-corrected chi connectivity index (χ3v) is 4.11. The number of nitrogens with one attached hydrogen (secondary N) is 2. The summed E-state index contributed by atoms with van der Waals surface area (Å²) in [5.41, 5.74) is 1.95. The van der Waals surface area contributed by atoms with Crippen LogP contribution in [0.4, 0.5) is 5.69 Å². The number of carbonyl (C=O) groups excluding carboxylic acids is 1. The maximum atomic E-state index is 11.2. The smallest absolute Gasteiger partial charge is 0.221 e. The number of hydrogen-bond acceptors (Lipinski definition) is 3. The lowest BCUT2D eigenvalue weighted by Crippen LogP contribution is -2.36. The van der Waals surface area contributed by atoms with E-state index in [4.69, 9.17) is 0 Å². The van der Waals surface area contributed by atoms with Gasteiger partial charge in [0.1, 0.15) is 0 Å². The van der Waals surface area contributed by atoms with Gasteiger partial charge >= 0.3 is 0 Å². The Bertz CT molecular complexity index is 452. The number of carbonyl (C=O) groups is 1. The molecular formula is C14H22N4O. The number of hydrogen-bond donors (Lipinski definition) is 2. The van der Waals surface area contributed by atoms with Gasteiger partial charge in [-0.2, -0.15) is 5.10 Å². The molecule has 1 saturated heterocycles. The van der Waals surface area contributed by atoms with Crippen molar-refractivity contribution < 1.29 is 4.79 Å². The summed E-state index contributed by atoms with van der Waals surface area (Å²) in [6.45, 7) is 5.10. The molecule has 1 aromatic heterocycles. The number of piperidine rings is 1. The lowest BCUT2D eigenvalue weighted by atomic mass is 9.94. The van der Waals surface area contributed by atoms with Gasteiger partial charge in [-0.25, -0.2) is 0 Å². The molecule has 104 valence electrons. The maximum Gasteiger partial charge on any atom is 0.221 e. The van der Waals surface area contributed by atoms with Gasteiger partial charge in [0.15, 0.2) is 0 Å². The number of aromatic amines is 1. The second-order valence-corrected chi connectivity index (χ2v) is 5.92. The van der Waals surface area contributed by atoms with Crippen molar-refractivity contribution in [2.75, 3.05) is 25.0 Å². The zero-order valence-electron chi connectivity index (χ0n) is 11.5. The Morgan fingerprint density at radius 2 is 2.37 bits per heavy atom. The number of rotatable bonds is 4. The highest BCUT2D eigenvalue weighted by atomic mass is 16.1. The third-order valence-electron chi connectivity index (χ3n) is 4.11. The van der Waals surface area contributed by atoms with Crippen LogP contribution in [0.2, 0.25) is 0 Å². The lowest BCUT2D eigenvalue weighted by molar-refractivity contribution is -0.114. The van der Waals surface area contributed by atoms with Gasteiger partial charge in [-0.3, -0.25) is 9.89 Å². The fourth-order valence-corrected chi connectivity index (χ4v) is 3.02. The number of H-pyrrole nitrogens is 1. The molecule has 1 saturated carbocycles. The molecule has 0 bridgehead atoms. The van der Waals surface area contributed by atoms with Crippen molar-refractivity contribution in [2.45, 2.75) is 38.5 Å². The predicted molar refractivity (Wildman–Crippen MR) is 74.0 cm³/mol. The summed E-state index contributed by atoms with van der Waals surface area (Å²) in [6, 6.07) is 0. The van der Waals surface area contributed by atoms with Gasteiger partial charge in [-0.1, -0.05) is 0 Å². The van der Waals surface area contributed by atoms with Crippen molar-refractivity contribution in [2.24, 2.45) is 5.92 Å². The fraction of sp³-hybridized carbons (Fsp3) is 0.714. The Kier molecular flexibility index (Phi) is 3.55. The summed E-state index contributed by atoms with van der Waals surface area (Å²) >= 11 is 0. The van der Waals surface area contributed by atoms with Gasteiger partial charge in [0, 0.05) is 25.9 Å². The molecule has 5 heteroatoms. The molecule has 1 atom stereocenters. The van der Waals surface area contributed by atoms with E-state index in [0.717, 1.165) is 23.8 Å². The highest BCUT2D eigenvalue weighted by Gasteiger charge is 2.29. The summed E-state index contributed by atoms with van der Waals surface area (Å²) in [6.07, 6.45) is 6.94. The molecule has 1 unspecified atom stereocenters. The number of amides is 1. The minimum atomic E-state index is -0.0340. The predicted octanol–water partition coefficient (Wildman–Crippen LogP) is 1.96. The average molecular weight is 262 g/mol. The van der Waals surface area contributed by atoms with Crippen molar-refractivity contribution in [3.8, 4) is 0 Å². The average Bonchev–Trinajstić information content (AvgIpc) is 3.06. The summed E-state index contributed by atoms with van der Waals surface area (Å²) in [5, 5.41) is 10.0. The van der Waals surface area contributed by atoms with Crippen molar-refractivity contribution in [3.05, 3.63) is 11.9 Å². The molecule has 19 heavy (non-hydrogen) atoms. The lowest BCUT2D eigenvalue weighted by Gasteiger charge is -2.32. The first-order valence-electron chi connectivity index (χ1n) is 7.25. The van der Waals surface area contributed by atoms with Gasteiger partial charge in [-0.15, -0.1) is 0 Å². The summed E-state index contributed by atoms with van der Waals surface area (Å²) in [7, 11) is 0. The molecule has 0 spiro atoms. The summed E-state index contributed by atoms with van der Waals surface area (Å²) in [4.78, 5) is 13.8. The minimum absolute atomic E-state index is 0.0340. The van der Waals surface area contributed by atoms with Crippen LogP contribution in [0.5, 0.6) is 0 Å². The number of likely N-dealkylation sites (tertiary alicyclic amines) is 1. The van der Waals surface area contributed by atoms with Gasteiger partial charge < -0.3 is 10.2 Å². The highest BCUT2D eigenvalue weighted by Crippen LogP contribution is 2.34.